The molecular weight excluding hydrogens is 365 g/mol. The highest BCUT2D eigenvalue weighted by Crippen LogP contribution is 2.14. The molecule has 1 aromatic carbocycles. The van der Waals surface area contributed by atoms with Crippen molar-refractivity contribution < 1.29 is 9.50 Å². The first-order valence-corrected chi connectivity index (χ1v) is 7.83. The lowest BCUT2D eigenvalue weighted by molar-refractivity contribution is 0.180. The Kier molecular flexibility index (Phi) is 6.12. The van der Waals surface area contributed by atoms with Crippen molar-refractivity contribution in [2.24, 2.45) is 12.0 Å². The molecule has 0 aliphatic heterocycles. The zero-order chi connectivity index (χ0) is 16.8. The van der Waals surface area contributed by atoms with Gasteiger partial charge in [0.05, 0.1) is 12.3 Å². The van der Waals surface area contributed by atoms with E-state index >= 15 is 0 Å². The molecule has 0 fully saturated rings. The van der Waals surface area contributed by atoms with Crippen LogP contribution >= 0.6 is 15.9 Å². The molecule has 0 aliphatic rings. The third-order valence-electron chi connectivity index (χ3n) is 3.18. The molecule has 0 saturated heterocycles. The molecule has 1 unspecified atom stereocenters. The van der Waals surface area contributed by atoms with E-state index in [0.29, 0.717) is 17.0 Å². The minimum atomic E-state index is -0.689. The molecule has 0 radical (unpaired) electrons. The van der Waals surface area contributed by atoms with Gasteiger partial charge < -0.3 is 15.7 Å². The summed E-state index contributed by atoms with van der Waals surface area (Å²) in [5.41, 5.74) is 1.51. The summed E-state index contributed by atoms with van der Waals surface area (Å²) in [6.45, 7) is 0.706. The van der Waals surface area contributed by atoms with Gasteiger partial charge in [-0.3, -0.25) is 9.67 Å². The number of hydrogen-bond donors (Lipinski definition) is 3. The predicted octanol–water partition coefficient (Wildman–Crippen LogP) is 1.72. The molecular formula is C15H19BrFN5O. The highest BCUT2D eigenvalue weighted by Gasteiger charge is 2.10. The Bertz CT molecular complexity index is 668. The molecule has 1 aromatic heterocycles. The van der Waals surface area contributed by atoms with Gasteiger partial charge >= 0.3 is 0 Å². The molecule has 23 heavy (non-hydrogen) atoms. The van der Waals surface area contributed by atoms with Gasteiger partial charge in [-0.05, 0) is 23.8 Å². The number of benzene rings is 1. The molecule has 124 valence electrons. The van der Waals surface area contributed by atoms with E-state index in [1.165, 1.54) is 12.1 Å². The molecule has 1 atom stereocenters. The normalized spacial score (nSPS) is 13.0. The topological polar surface area (TPSA) is 74.5 Å². The molecule has 2 aromatic rings. The van der Waals surface area contributed by atoms with Crippen molar-refractivity contribution >= 4 is 21.9 Å². The van der Waals surface area contributed by atoms with Crippen LogP contribution in [0, 0.1) is 5.82 Å². The van der Waals surface area contributed by atoms with E-state index in [2.05, 4.69) is 36.7 Å². The van der Waals surface area contributed by atoms with Crippen molar-refractivity contribution in [2.75, 3.05) is 13.6 Å². The highest BCUT2D eigenvalue weighted by molar-refractivity contribution is 9.10. The largest absolute Gasteiger partial charge is 0.386 e. The van der Waals surface area contributed by atoms with Crippen LogP contribution < -0.4 is 10.6 Å². The van der Waals surface area contributed by atoms with Crippen molar-refractivity contribution in [1.29, 1.82) is 0 Å². The minimum absolute atomic E-state index is 0.290. The Balaban J connectivity index is 1.86. The third kappa shape index (κ3) is 5.33. The number of hydrogen-bond acceptors (Lipinski definition) is 3. The Morgan fingerprint density at radius 3 is 2.83 bits per heavy atom. The lowest BCUT2D eigenvalue weighted by Gasteiger charge is -2.14. The van der Waals surface area contributed by atoms with Crippen LogP contribution in [-0.2, 0) is 13.6 Å². The van der Waals surface area contributed by atoms with Crippen LogP contribution in [0.5, 0.6) is 0 Å². The van der Waals surface area contributed by atoms with E-state index in [1.807, 2.05) is 6.07 Å². The summed E-state index contributed by atoms with van der Waals surface area (Å²) in [4.78, 5) is 4.08. The standard InChI is InChI=1S/C15H19BrFN5O/c1-18-15(19-6-10-3-12(16)5-13(17)4-10)20-8-14(23)11-7-21-22(2)9-11/h3-5,7,9,14,23H,6,8H2,1-2H3,(H2,18,19,20). The molecule has 0 aliphatic carbocycles. The average molecular weight is 384 g/mol. The monoisotopic (exact) mass is 383 g/mol. The maximum atomic E-state index is 13.3. The zero-order valence-electron chi connectivity index (χ0n) is 12.9. The van der Waals surface area contributed by atoms with E-state index < -0.39 is 6.10 Å². The van der Waals surface area contributed by atoms with Crippen LogP contribution in [0.1, 0.15) is 17.2 Å². The molecule has 2 rings (SSSR count). The van der Waals surface area contributed by atoms with Gasteiger partial charge in [0, 0.05) is 43.4 Å². The number of aliphatic hydroxyl groups is 1. The summed E-state index contributed by atoms with van der Waals surface area (Å²) in [6.07, 6.45) is 2.69. The van der Waals surface area contributed by atoms with Gasteiger partial charge in [0.2, 0.25) is 0 Å². The van der Waals surface area contributed by atoms with E-state index in [0.717, 1.165) is 11.1 Å². The van der Waals surface area contributed by atoms with Crippen molar-refractivity contribution in [3.63, 3.8) is 0 Å². The van der Waals surface area contributed by atoms with Gasteiger partial charge in [0.15, 0.2) is 5.96 Å². The van der Waals surface area contributed by atoms with E-state index in [1.54, 1.807) is 31.2 Å². The number of aliphatic hydroxyl groups excluding tert-OH is 1. The van der Waals surface area contributed by atoms with E-state index in [-0.39, 0.29) is 12.4 Å². The average Bonchev–Trinajstić information content (AvgIpc) is 2.93. The predicted molar refractivity (Wildman–Crippen MR) is 90.5 cm³/mol. The van der Waals surface area contributed by atoms with Crippen molar-refractivity contribution in [2.45, 2.75) is 12.6 Å². The molecule has 0 saturated carbocycles. The maximum Gasteiger partial charge on any atom is 0.191 e. The first-order chi connectivity index (χ1) is 11.0. The molecule has 8 heteroatoms. The van der Waals surface area contributed by atoms with Crippen LogP contribution in [0.15, 0.2) is 40.1 Å². The number of guanidine groups is 1. The Morgan fingerprint density at radius 2 is 2.22 bits per heavy atom. The zero-order valence-corrected chi connectivity index (χ0v) is 14.5. The number of aliphatic imine (C=N–C) groups is 1. The molecule has 0 amide bonds. The fourth-order valence-electron chi connectivity index (χ4n) is 2.04. The summed E-state index contributed by atoms with van der Waals surface area (Å²) in [6, 6.07) is 4.68. The molecule has 0 bridgehead atoms. The SMILES string of the molecule is CN=C(NCc1cc(F)cc(Br)c1)NCC(O)c1cnn(C)c1. The van der Waals surface area contributed by atoms with Crippen LogP contribution in [0.3, 0.4) is 0 Å². The minimum Gasteiger partial charge on any atom is -0.386 e. The summed E-state index contributed by atoms with van der Waals surface area (Å²) in [5, 5.41) is 20.2. The number of nitrogens with one attached hydrogen (secondary N) is 2. The van der Waals surface area contributed by atoms with Crippen LogP contribution in [-0.4, -0.2) is 34.4 Å². The van der Waals surface area contributed by atoms with Crippen LogP contribution in [0.4, 0.5) is 4.39 Å². The second kappa shape index (κ2) is 8.07. The van der Waals surface area contributed by atoms with E-state index in [4.69, 9.17) is 0 Å². The quantitative estimate of drug-likeness (QED) is 0.542. The molecule has 0 spiro atoms. The number of nitrogens with zero attached hydrogens (tertiary/aromatic N) is 3. The van der Waals surface area contributed by atoms with Gasteiger partial charge in [-0.1, -0.05) is 15.9 Å². The van der Waals surface area contributed by atoms with Gasteiger partial charge in [-0.2, -0.15) is 5.10 Å². The van der Waals surface area contributed by atoms with E-state index in [9.17, 15) is 9.50 Å². The Labute approximate surface area is 142 Å². The Hall–Kier alpha value is -1.93. The number of rotatable bonds is 5. The summed E-state index contributed by atoms with van der Waals surface area (Å²) >= 11 is 3.26. The first kappa shape index (κ1) is 17.4. The van der Waals surface area contributed by atoms with Gasteiger partial charge in [-0.15, -0.1) is 0 Å². The van der Waals surface area contributed by atoms with Crippen molar-refractivity contribution in [3.05, 3.63) is 52.0 Å². The van der Waals surface area contributed by atoms with Gasteiger partial charge in [0.25, 0.3) is 0 Å². The van der Waals surface area contributed by atoms with Gasteiger partial charge in [-0.25, -0.2) is 4.39 Å². The lowest BCUT2D eigenvalue weighted by Crippen LogP contribution is -2.39. The van der Waals surface area contributed by atoms with Crippen molar-refractivity contribution in [3.8, 4) is 0 Å². The number of aromatic nitrogens is 2. The van der Waals surface area contributed by atoms with Crippen LogP contribution in [0.25, 0.3) is 0 Å². The highest BCUT2D eigenvalue weighted by atomic mass is 79.9. The smallest absolute Gasteiger partial charge is 0.191 e. The molecule has 6 nitrogen and oxygen atoms in total. The fourth-order valence-corrected chi connectivity index (χ4v) is 2.56. The number of halogens is 2. The first-order valence-electron chi connectivity index (χ1n) is 7.04. The fraction of sp³-hybridized carbons (Fsp3) is 0.333. The van der Waals surface area contributed by atoms with Crippen LogP contribution in [0.2, 0.25) is 0 Å². The second-order valence-electron chi connectivity index (χ2n) is 5.05. The second-order valence-corrected chi connectivity index (χ2v) is 5.96. The summed E-state index contributed by atoms with van der Waals surface area (Å²) in [7, 11) is 3.43. The van der Waals surface area contributed by atoms with Gasteiger partial charge in [0.1, 0.15) is 5.82 Å². The number of aryl methyl sites for hydroxylation is 1. The summed E-state index contributed by atoms with van der Waals surface area (Å²) < 4.78 is 15.7. The molecule has 3 N–H and O–H groups in total. The third-order valence-corrected chi connectivity index (χ3v) is 3.64. The Morgan fingerprint density at radius 1 is 1.43 bits per heavy atom. The lowest BCUT2D eigenvalue weighted by atomic mass is 10.2. The molecule has 1 heterocycles. The summed E-state index contributed by atoms with van der Waals surface area (Å²) in [5.74, 6) is 0.222. The van der Waals surface area contributed by atoms with Crippen molar-refractivity contribution in [1.82, 2.24) is 20.4 Å². The maximum absolute atomic E-state index is 13.3.